The fourth-order valence-corrected chi connectivity index (χ4v) is 3.60. The van der Waals surface area contributed by atoms with Crippen molar-refractivity contribution in [1.29, 1.82) is 0 Å². The van der Waals surface area contributed by atoms with Crippen molar-refractivity contribution in [1.82, 2.24) is 10.6 Å². The van der Waals surface area contributed by atoms with Gasteiger partial charge in [-0.15, -0.1) is 0 Å². The van der Waals surface area contributed by atoms with Crippen LogP contribution in [0, 0.1) is 11.8 Å². The zero-order chi connectivity index (χ0) is 18.2. The van der Waals surface area contributed by atoms with E-state index >= 15 is 0 Å². The number of methoxy groups -OCH3 is 1. The van der Waals surface area contributed by atoms with Crippen molar-refractivity contribution in [2.24, 2.45) is 11.8 Å². The van der Waals surface area contributed by atoms with Crippen molar-refractivity contribution in [3.63, 3.8) is 0 Å². The molecular formula is C15H20N2O8. The molecule has 2 fully saturated rings. The molecule has 2 amide bonds. The van der Waals surface area contributed by atoms with Crippen molar-refractivity contribution in [3.8, 4) is 0 Å². The van der Waals surface area contributed by atoms with Gasteiger partial charge in [-0.05, 0) is 6.42 Å². The number of hydrogen-bond donors (Lipinski definition) is 2. The second kappa shape index (κ2) is 6.43. The molecule has 0 spiro atoms. The average Bonchev–Trinajstić information content (AvgIpc) is 3.23. The van der Waals surface area contributed by atoms with Gasteiger partial charge in [0, 0.05) is 20.0 Å². The lowest BCUT2D eigenvalue weighted by Crippen LogP contribution is -2.47. The molecule has 10 heteroatoms. The molecule has 1 saturated heterocycles. The summed E-state index contributed by atoms with van der Waals surface area (Å²) in [6, 6.07) is 0. The van der Waals surface area contributed by atoms with E-state index in [1.165, 1.54) is 27.5 Å². The monoisotopic (exact) mass is 356 g/mol. The average molecular weight is 356 g/mol. The van der Waals surface area contributed by atoms with Gasteiger partial charge < -0.3 is 34.3 Å². The van der Waals surface area contributed by atoms with E-state index in [1.807, 2.05) is 0 Å². The van der Waals surface area contributed by atoms with E-state index in [-0.39, 0.29) is 18.6 Å². The van der Waals surface area contributed by atoms with Gasteiger partial charge in [0.15, 0.2) is 0 Å². The van der Waals surface area contributed by atoms with Gasteiger partial charge in [-0.3, -0.25) is 0 Å². The van der Waals surface area contributed by atoms with Gasteiger partial charge in [0.25, 0.3) is 6.29 Å². The summed E-state index contributed by atoms with van der Waals surface area (Å²) in [5.41, 5.74) is -0.511. The van der Waals surface area contributed by atoms with Crippen LogP contribution >= 0.6 is 0 Å². The second-order valence-electron chi connectivity index (χ2n) is 5.98. The topological polar surface area (TPSA) is 125 Å². The van der Waals surface area contributed by atoms with Crippen LogP contribution in [0.5, 0.6) is 0 Å². The molecule has 25 heavy (non-hydrogen) atoms. The molecule has 0 aromatic carbocycles. The van der Waals surface area contributed by atoms with E-state index in [4.69, 9.17) is 23.7 Å². The van der Waals surface area contributed by atoms with Gasteiger partial charge in [-0.25, -0.2) is 14.4 Å². The van der Waals surface area contributed by atoms with Crippen molar-refractivity contribution < 1.29 is 38.1 Å². The molecule has 3 rings (SSSR count). The summed E-state index contributed by atoms with van der Waals surface area (Å²) in [5.74, 6) is -1.31. The van der Waals surface area contributed by atoms with Crippen molar-refractivity contribution in [3.05, 3.63) is 11.8 Å². The number of hydrogen-bond acceptors (Lipinski definition) is 8. The van der Waals surface area contributed by atoms with Crippen LogP contribution < -0.4 is 10.6 Å². The molecule has 3 aliphatic rings. The minimum atomic E-state index is -0.973. The molecule has 1 aliphatic carbocycles. The molecular weight excluding hydrogens is 336 g/mol. The molecule has 2 N–H and O–H groups in total. The molecule has 0 radical (unpaired) electrons. The lowest BCUT2D eigenvalue weighted by molar-refractivity contribution is -0.154. The van der Waals surface area contributed by atoms with E-state index < -0.39 is 36.0 Å². The number of amides is 2. The summed E-state index contributed by atoms with van der Waals surface area (Å²) in [5, 5.41) is 4.70. The third-order valence-electron chi connectivity index (χ3n) is 4.82. The first kappa shape index (κ1) is 17.3. The molecule has 0 aromatic rings. The molecule has 10 nitrogen and oxygen atoms in total. The predicted molar refractivity (Wildman–Crippen MR) is 80.1 cm³/mol. The predicted octanol–water partition coefficient (Wildman–Crippen LogP) is -0.115. The number of carbonyl (C=O) groups excluding carboxylic acids is 3. The molecule has 5 atom stereocenters. The summed E-state index contributed by atoms with van der Waals surface area (Å²) in [4.78, 5) is 35.0. The molecule has 138 valence electrons. The highest BCUT2D eigenvalue weighted by Gasteiger charge is 2.74. The summed E-state index contributed by atoms with van der Waals surface area (Å²) in [6.45, 7) is -0.0378. The van der Waals surface area contributed by atoms with E-state index in [9.17, 15) is 14.4 Å². The zero-order valence-electron chi connectivity index (χ0n) is 14.1. The highest BCUT2D eigenvalue weighted by molar-refractivity contribution is 5.89. The summed E-state index contributed by atoms with van der Waals surface area (Å²) in [6.07, 6.45) is -0.698. The van der Waals surface area contributed by atoms with Gasteiger partial charge in [0.2, 0.25) is 0 Å². The van der Waals surface area contributed by atoms with Crippen LogP contribution in [0.2, 0.25) is 0 Å². The third kappa shape index (κ3) is 2.86. The number of ether oxygens (including phenoxy) is 5. The van der Waals surface area contributed by atoms with Crippen LogP contribution in [0.1, 0.15) is 6.42 Å². The van der Waals surface area contributed by atoms with Crippen LogP contribution in [-0.4, -0.2) is 64.0 Å². The molecule has 1 saturated carbocycles. The normalized spacial score (nSPS) is 34.4. The highest BCUT2D eigenvalue weighted by atomic mass is 16.7. The Morgan fingerprint density at radius 1 is 1.28 bits per heavy atom. The number of fused-ring (bicyclic) bond motifs is 3. The molecule has 0 aromatic heterocycles. The lowest BCUT2D eigenvalue weighted by atomic mass is 9.81. The van der Waals surface area contributed by atoms with Crippen LogP contribution in [-0.2, 0) is 28.5 Å². The van der Waals surface area contributed by atoms with E-state index in [1.54, 1.807) is 0 Å². The number of carbonyl (C=O) groups is 3. The first-order chi connectivity index (χ1) is 12.0. The number of rotatable bonds is 4. The largest absolute Gasteiger partial charge is 0.466 e. The zero-order valence-corrected chi connectivity index (χ0v) is 14.1. The molecule has 0 bridgehead atoms. The Hall–Kier alpha value is -2.49. The van der Waals surface area contributed by atoms with Gasteiger partial charge in [-0.2, -0.15) is 0 Å². The maximum Gasteiger partial charge on any atom is 0.409 e. The van der Waals surface area contributed by atoms with Crippen LogP contribution in [0.3, 0.4) is 0 Å². The highest BCUT2D eigenvalue weighted by Crippen LogP contribution is 2.61. The van der Waals surface area contributed by atoms with Crippen molar-refractivity contribution >= 4 is 18.2 Å². The van der Waals surface area contributed by atoms with Crippen molar-refractivity contribution in [2.45, 2.75) is 24.4 Å². The maximum atomic E-state index is 12.0. The Morgan fingerprint density at radius 3 is 2.64 bits per heavy atom. The summed E-state index contributed by atoms with van der Waals surface area (Å²) in [7, 11) is 4.15. The van der Waals surface area contributed by atoms with Crippen LogP contribution in [0.15, 0.2) is 11.8 Å². The quantitative estimate of drug-likeness (QED) is 0.406. The first-order valence-electron chi connectivity index (χ1n) is 7.81. The molecule has 2 aliphatic heterocycles. The minimum absolute atomic E-state index is 0.0378. The molecule has 2 heterocycles. The van der Waals surface area contributed by atoms with Crippen LogP contribution in [0.4, 0.5) is 9.59 Å². The second-order valence-corrected chi connectivity index (χ2v) is 5.98. The maximum absolute atomic E-state index is 12.0. The van der Waals surface area contributed by atoms with Crippen LogP contribution in [0.25, 0.3) is 0 Å². The number of esters is 1. The minimum Gasteiger partial charge on any atom is -0.466 e. The van der Waals surface area contributed by atoms with Gasteiger partial charge >= 0.3 is 18.2 Å². The van der Waals surface area contributed by atoms with Gasteiger partial charge in [0.1, 0.15) is 12.2 Å². The Morgan fingerprint density at radius 2 is 2.00 bits per heavy atom. The Labute approximate surface area is 143 Å². The third-order valence-corrected chi connectivity index (χ3v) is 4.82. The lowest BCUT2D eigenvalue weighted by Gasteiger charge is -2.36. The van der Waals surface area contributed by atoms with E-state index in [0.29, 0.717) is 12.0 Å². The number of alkyl carbamates (subject to hydrolysis) is 2. The number of epoxide rings is 1. The Kier molecular flexibility index (Phi) is 4.46. The first-order valence-corrected chi connectivity index (χ1v) is 7.81. The smallest absolute Gasteiger partial charge is 0.409 e. The fraction of sp³-hybridized carbons (Fsp3) is 0.667. The molecule has 5 unspecified atom stereocenters. The van der Waals surface area contributed by atoms with Gasteiger partial charge in [-0.1, -0.05) is 0 Å². The van der Waals surface area contributed by atoms with Crippen molar-refractivity contribution in [2.75, 3.05) is 27.8 Å². The Balaban J connectivity index is 1.84. The Bertz CT molecular complexity index is 621. The van der Waals surface area contributed by atoms with Gasteiger partial charge in [0.05, 0.1) is 31.0 Å². The SMILES string of the molecule is CNC(=O)OCC12OC1CC1C(C(=O)OC)=COC(OC(=O)NC)C12. The van der Waals surface area contributed by atoms with E-state index in [0.717, 1.165) is 0 Å². The summed E-state index contributed by atoms with van der Waals surface area (Å²) >= 11 is 0. The van der Waals surface area contributed by atoms with E-state index in [2.05, 4.69) is 10.6 Å². The summed E-state index contributed by atoms with van der Waals surface area (Å²) < 4.78 is 26.4. The standard InChI is InChI=1S/C15H20N2O8/c1-16-13(19)23-6-15-9(25-15)4-7-8(11(18)21-3)5-22-12(10(7)15)24-14(20)17-2/h5,7,9-10,12H,4,6H2,1-3H3,(H,16,19)(H,17,20). The number of nitrogens with one attached hydrogen (secondary N) is 2. The fourth-order valence-electron chi connectivity index (χ4n) is 3.60.